The maximum atomic E-state index is 14.3. The first-order valence-corrected chi connectivity index (χ1v) is 14.1. The van der Waals surface area contributed by atoms with Crippen LogP contribution in [0, 0.1) is 11.7 Å². The van der Waals surface area contributed by atoms with Crippen LogP contribution in [0.25, 0.3) is 22.4 Å². The first-order chi connectivity index (χ1) is 21.0. The first kappa shape index (κ1) is 30.8. The second-order valence-corrected chi connectivity index (χ2v) is 11.0. The molecule has 2 bridgehead atoms. The van der Waals surface area contributed by atoms with Gasteiger partial charge in [0.1, 0.15) is 5.82 Å². The van der Waals surface area contributed by atoms with Gasteiger partial charge in [-0.1, -0.05) is 24.9 Å². The van der Waals surface area contributed by atoms with Gasteiger partial charge in [-0.05, 0) is 66.9 Å². The van der Waals surface area contributed by atoms with Crippen molar-refractivity contribution in [2.24, 2.45) is 17.5 Å². The summed E-state index contributed by atoms with van der Waals surface area (Å²) >= 11 is 6.22. The van der Waals surface area contributed by atoms with Gasteiger partial charge < -0.3 is 11.1 Å². The highest BCUT2D eigenvalue weighted by Crippen LogP contribution is 2.34. The van der Waals surface area contributed by atoms with E-state index in [1.165, 1.54) is 53.4 Å². The number of carbonyl (C=O) groups excluding carboxylic acids is 1. The number of nitrogens with two attached hydrogens (primary N) is 2. The van der Waals surface area contributed by atoms with Crippen LogP contribution in [0.4, 0.5) is 24.5 Å². The highest BCUT2D eigenvalue weighted by molar-refractivity contribution is 6.31. The molecule has 4 aromatic rings. The maximum Gasteiger partial charge on any atom is 0.279 e. The Morgan fingerprint density at radius 3 is 2.64 bits per heavy atom. The molecule has 5 N–H and O–H groups in total. The molecule has 1 aliphatic rings. The summed E-state index contributed by atoms with van der Waals surface area (Å²) in [6.45, 7) is 1.81. The molecule has 5 rings (SSSR count). The second kappa shape index (κ2) is 12.9. The summed E-state index contributed by atoms with van der Waals surface area (Å²) < 4.78 is 41.8. The number of hydrogen-bond acceptors (Lipinski definition) is 7. The minimum absolute atomic E-state index is 0.191. The van der Waals surface area contributed by atoms with Crippen molar-refractivity contribution in [3.8, 4) is 22.4 Å². The summed E-state index contributed by atoms with van der Waals surface area (Å²) in [5, 5.41) is 4.14. The second-order valence-electron chi connectivity index (χ2n) is 10.5. The van der Waals surface area contributed by atoms with E-state index in [2.05, 4.69) is 15.3 Å². The van der Waals surface area contributed by atoms with Gasteiger partial charge in [-0.2, -0.15) is 0 Å². The Kier molecular flexibility index (Phi) is 9.02. The molecule has 0 fully saturated rings. The van der Waals surface area contributed by atoms with Crippen molar-refractivity contribution in [1.82, 2.24) is 14.5 Å². The van der Waals surface area contributed by atoms with Crippen LogP contribution in [0.2, 0.25) is 5.02 Å². The van der Waals surface area contributed by atoms with Gasteiger partial charge in [-0.3, -0.25) is 24.1 Å². The molecule has 1 amide bonds. The zero-order valence-electron chi connectivity index (χ0n) is 23.6. The first-order valence-electron chi connectivity index (χ1n) is 13.8. The number of aromatic nitrogens is 3. The Balaban J connectivity index is 1.58. The summed E-state index contributed by atoms with van der Waals surface area (Å²) in [4.78, 5) is 35.6. The minimum Gasteiger partial charge on any atom is -0.396 e. The SMILES string of the molecule is CC1CCCC(n2cnc(-c3cc(Cl)ccc3N(N)/C=C(\N)C(F)F)cc2=O)c2cc(ccn2)-c2cc(F)ccc2NC1=O. The van der Waals surface area contributed by atoms with Gasteiger partial charge in [0.05, 0.1) is 35.1 Å². The highest BCUT2D eigenvalue weighted by atomic mass is 35.5. The summed E-state index contributed by atoms with van der Waals surface area (Å²) in [6, 6.07) is 12.9. The van der Waals surface area contributed by atoms with Crippen molar-refractivity contribution >= 4 is 28.9 Å². The van der Waals surface area contributed by atoms with Crippen LogP contribution < -0.4 is 27.5 Å². The number of anilines is 2. The number of allylic oxidation sites excluding steroid dienone is 1. The normalized spacial score (nSPS) is 17.3. The van der Waals surface area contributed by atoms with Crippen molar-refractivity contribution in [2.45, 2.75) is 38.7 Å². The fourth-order valence-electron chi connectivity index (χ4n) is 5.11. The molecule has 2 unspecified atom stereocenters. The number of pyridine rings is 1. The third-order valence-corrected chi connectivity index (χ3v) is 7.69. The summed E-state index contributed by atoms with van der Waals surface area (Å²) in [5.74, 6) is 5.02. The molecule has 9 nitrogen and oxygen atoms in total. The fourth-order valence-corrected chi connectivity index (χ4v) is 5.28. The van der Waals surface area contributed by atoms with Crippen LogP contribution in [-0.2, 0) is 4.79 Å². The van der Waals surface area contributed by atoms with Crippen LogP contribution in [0.15, 0.2) is 83.8 Å². The lowest BCUT2D eigenvalue weighted by atomic mass is 9.95. The van der Waals surface area contributed by atoms with Crippen molar-refractivity contribution < 1.29 is 18.0 Å². The van der Waals surface area contributed by atoms with Crippen LogP contribution in [-0.4, -0.2) is 26.9 Å². The molecule has 2 aromatic carbocycles. The van der Waals surface area contributed by atoms with Gasteiger partial charge in [0.15, 0.2) is 0 Å². The lowest BCUT2D eigenvalue weighted by Gasteiger charge is -2.23. The standard InChI is InChI=1S/C31H29ClF3N7O2/c1-17-3-2-4-28(26-11-18(9-10-38-26)21-13-20(33)6-7-24(21)40-31(17)44)41-16-39-25(14-29(41)43)22-12-19(32)5-8-27(22)42(37)15-23(36)30(34)35/h5-17,28,30H,2-4,36-37H2,1H3,(H,40,44)/b23-15-. The smallest absolute Gasteiger partial charge is 0.279 e. The Bertz CT molecular complexity index is 1800. The van der Waals surface area contributed by atoms with Gasteiger partial charge >= 0.3 is 0 Å². The molecule has 0 radical (unpaired) electrons. The van der Waals surface area contributed by atoms with E-state index >= 15 is 0 Å². The average Bonchev–Trinajstić information content (AvgIpc) is 2.99. The van der Waals surface area contributed by atoms with E-state index in [1.807, 2.05) is 6.92 Å². The largest absolute Gasteiger partial charge is 0.396 e. The average molecular weight is 624 g/mol. The number of rotatable bonds is 5. The molecule has 0 aliphatic carbocycles. The van der Waals surface area contributed by atoms with E-state index in [0.29, 0.717) is 52.4 Å². The van der Waals surface area contributed by atoms with Gasteiger partial charge in [-0.15, -0.1) is 0 Å². The maximum absolute atomic E-state index is 14.3. The Morgan fingerprint density at radius 2 is 1.89 bits per heavy atom. The zero-order chi connectivity index (χ0) is 31.5. The Labute approximate surface area is 256 Å². The highest BCUT2D eigenvalue weighted by Gasteiger charge is 2.23. The number of nitrogens with zero attached hydrogens (tertiary/aromatic N) is 4. The molecule has 1 aliphatic heterocycles. The molecule has 228 valence electrons. The summed E-state index contributed by atoms with van der Waals surface area (Å²) in [5.41, 5.74) is 7.10. The number of alkyl halides is 2. The number of hydrazine groups is 1. The van der Waals surface area contributed by atoms with Crippen molar-refractivity contribution in [1.29, 1.82) is 0 Å². The quantitative estimate of drug-likeness (QED) is 0.187. The number of hydrogen-bond donors (Lipinski definition) is 3. The molecule has 2 atom stereocenters. The van der Waals surface area contributed by atoms with E-state index in [9.17, 15) is 22.8 Å². The van der Waals surface area contributed by atoms with Crippen LogP contribution >= 0.6 is 11.6 Å². The van der Waals surface area contributed by atoms with Crippen molar-refractivity contribution in [3.63, 3.8) is 0 Å². The molecule has 13 heteroatoms. The predicted octanol–water partition coefficient (Wildman–Crippen LogP) is 5.86. The van der Waals surface area contributed by atoms with Crippen LogP contribution in [0.3, 0.4) is 0 Å². The van der Waals surface area contributed by atoms with Crippen molar-refractivity contribution in [3.05, 3.63) is 106 Å². The molecule has 3 heterocycles. The van der Waals surface area contributed by atoms with E-state index in [4.69, 9.17) is 23.2 Å². The molecular weight excluding hydrogens is 595 g/mol. The molecule has 0 saturated carbocycles. The van der Waals surface area contributed by atoms with E-state index < -0.39 is 29.5 Å². The van der Waals surface area contributed by atoms with Gasteiger partial charge in [-0.25, -0.2) is 24.0 Å². The van der Waals surface area contributed by atoms with E-state index in [1.54, 1.807) is 18.3 Å². The fraction of sp³-hybridized carbons (Fsp3) is 0.226. The van der Waals surface area contributed by atoms with Crippen LogP contribution in [0.1, 0.15) is 37.9 Å². The number of fused-ring (bicyclic) bond motifs is 4. The Hall–Kier alpha value is -4.68. The van der Waals surface area contributed by atoms with Gasteiger partial charge in [0.25, 0.3) is 12.0 Å². The number of halogens is 4. The summed E-state index contributed by atoms with van der Waals surface area (Å²) in [6.07, 6.45) is 2.50. The third kappa shape index (κ3) is 6.61. The molecule has 0 spiro atoms. The number of benzene rings is 2. The van der Waals surface area contributed by atoms with Crippen molar-refractivity contribution in [2.75, 3.05) is 10.3 Å². The lowest BCUT2D eigenvalue weighted by molar-refractivity contribution is -0.119. The third-order valence-electron chi connectivity index (χ3n) is 7.46. The number of amides is 1. The molecule has 44 heavy (non-hydrogen) atoms. The minimum atomic E-state index is -2.92. The van der Waals surface area contributed by atoms with E-state index in [-0.39, 0.29) is 23.2 Å². The Morgan fingerprint density at radius 1 is 1.09 bits per heavy atom. The van der Waals surface area contributed by atoms with Gasteiger partial charge in [0.2, 0.25) is 5.91 Å². The predicted molar refractivity (Wildman–Crippen MR) is 163 cm³/mol. The number of nitrogens with one attached hydrogen (secondary N) is 1. The lowest BCUT2D eigenvalue weighted by Crippen LogP contribution is -2.29. The van der Waals surface area contributed by atoms with Crippen LogP contribution in [0.5, 0.6) is 0 Å². The monoisotopic (exact) mass is 623 g/mol. The molecular formula is C31H29ClF3N7O2. The zero-order valence-corrected chi connectivity index (χ0v) is 24.3. The summed E-state index contributed by atoms with van der Waals surface area (Å²) in [7, 11) is 0. The topological polar surface area (TPSA) is 132 Å². The number of carbonyl (C=O) groups is 1. The molecule has 2 aromatic heterocycles. The van der Waals surface area contributed by atoms with Gasteiger partial charge in [0, 0.05) is 46.2 Å². The van der Waals surface area contributed by atoms with E-state index in [0.717, 1.165) is 11.2 Å². The molecule has 0 saturated heterocycles.